The molecule has 12 nitrogen and oxygen atoms in total. The number of morpholine rings is 1. The van der Waals surface area contributed by atoms with E-state index >= 15 is 0 Å². The predicted molar refractivity (Wildman–Crippen MR) is 178 cm³/mol. The van der Waals surface area contributed by atoms with Crippen LogP contribution < -0.4 is 25.6 Å². The highest BCUT2D eigenvalue weighted by Crippen LogP contribution is 2.42. The Morgan fingerprint density at radius 1 is 1.05 bits per heavy atom. The van der Waals surface area contributed by atoms with Crippen LogP contribution >= 0.6 is 23.1 Å². The van der Waals surface area contributed by atoms with Gasteiger partial charge in [0.2, 0.25) is 5.95 Å². The Morgan fingerprint density at radius 2 is 1.84 bits per heavy atom. The minimum absolute atomic E-state index is 0.349. The maximum absolute atomic E-state index is 13.4. The van der Waals surface area contributed by atoms with Crippen molar-refractivity contribution < 1.29 is 14.0 Å². The SMILES string of the molecule is CCn1cc(-c2cc(Nc3ncc(Br)c(Nc4ccc5nccnc5c4P(C)(C)=O)n3)c(OC)cc2N2CCOCC2)cn1. The zero-order valence-electron chi connectivity index (χ0n) is 24.9. The molecule has 0 unspecified atom stereocenters. The molecule has 0 spiro atoms. The van der Waals surface area contributed by atoms with Crippen LogP contribution in [0.15, 0.2) is 59.7 Å². The molecule has 0 saturated carbocycles. The van der Waals surface area contributed by atoms with E-state index in [1.165, 1.54) is 0 Å². The lowest BCUT2D eigenvalue weighted by Gasteiger charge is -2.31. The second kappa shape index (κ2) is 12.5. The van der Waals surface area contributed by atoms with Crippen LogP contribution in [0, 0.1) is 0 Å². The number of methoxy groups -OCH3 is 1. The van der Waals surface area contributed by atoms with Gasteiger partial charge in [0.25, 0.3) is 0 Å². The molecule has 1 saturated heterocycles. The number of halogens is 1. The van der Waals surface area contributed by atoms with Gasteiger partial charge in [-0.05, 0) is 54.4 Å². The van der Waals surface area contributed by atoms with Gasteiger partial charge in [-0.15, -0.1) is 0 Å². The normalized spacial score (nSPS) is 13.7. The summed E-state index contributed by atoms with van der Waals surface area (Å²) in [6.07, 6.45) is 8.81. The molecule has 0 bridgehead atoms. The second-order valence-corrected chi connectivity index (χ2v) is 14.6. The fourth-order valence-electron chi connectivity index (χ4n) is 5.24. The van der Waals surface area contributed by atoms with Crippen molar-refractivity contribution in [3.05, 3.63) is 59.7 Å². The van der Waals surface area contributed by atoms with Crippen molar-refractivity contribution in [1.29, 1.82) is 0 Å². The molecule has 6 rings (SSSR count). The lowest BCUT2D eigenvalue weighted by molar-refractivity contribution is 0.122. The standard InChI is InChI=1S/C30H33BrN9O3P/c1-5-40-18-19(16-35-40)20-14-24(26(42-2)15-25(20)39-10-12-43-13-11-39)37-30-34-17-21(31)29(38-30)36-23-7-6-22-27(33-9-8-32-22)28(23)44(3,4)41/h6-9,14-18H,5,10-13H2,1-4H3,(H2,34,36,37,38). The van der Waals surface area contributed by atoms with Crippen LogP contribution in [0.5, 0.6) is 5.75 Å². The second-order valence-electron chi connectivity index (χ2n) is 10.6. The molecule has 0 atom stereocenters. The van der Waals surface area contributed by atoms with E-state index in [0.717, 1.165) is 36.4 Å². The smallest absolute Gasteiger partial charge is 0.229 e. The Hall–Kier alpha value is -4.06. The summed E-state index contributed by atoms with van der Waals surface area (Å²) < 4.78 is 27.4. The van der Waals surface area contributed by atoms with Gasteiger partial charge in [-0.25, -0.2) is 4.98 Å². The maximum atomic E-state index is 13.4. The van der Waals surface area contributed by atoms with Crippen molar-refractivity contribution in [2.75, 3.05) is 62.3 Å². The number of hydrogen-bond donors (Lipinski definition) is 2. The average molecular weight is 679 g/mol. The van der Waals surface area contributed by atoms with Gasteiger partial charge in [0.15, 0.2) is 0 Å². The summed E-state index contributed by atoms with van der Waals surface area (Å²) in [7, 11) is -1.11. The van der Waals surface area contributed by atoms with E-state index in [2.05, 4.69) is 58.4 Å². The first-order chi connectivity index (χ1) is 21.2. The molecule has 44 heavy (non-hydrogen) atoms. The van der Waals surface area contributed by atoms with Crippen molar-refractivity contribution in [1.82, 2.24) is 29.7 Å². The Labute approximate surface area is 263 Å². The van der Waals surface area contributed by atoms with Crippen LogP contribution in [0.1, 0.15) is 6.92 Å². The van der Waals surface area contributed by atoms with Gasteiger partial charge < -0.3 is 29.6 Å². The molecule has 228 valence electrons. The van der Waals surface area contributed by atoms with E-state index in [0.29, 0.717) is 62.9 Å². The number of rotatable bonds is 9. The summed E-state index contributed by atoms with van der Waals surface area (Å²) in [5.74, 6) is 1.49. The third kappa shape index (κ3) is 6.12. The molecule has 5 aromatic rings. The number of nitrogens with zero attached hydrogens (tertiary/aromatic N) is 7. The first-order valence-electron chi connectivity index (χ1n) is 14.2. The molecule has 0 amide bonds. The lowest BCUT2D eigenvalue weighted by Crippen LogP contribution is -2.36. The van der Waals surface area contributed by atoms with Gasteiger partial charge >= 0.3 is 0 Å². The average Bonchev–Trinajstić information content (AvgIpc) is 3.51. The van der Waals surface area contributed by atoms with Crippen LogP contribution in [-0.2, 0) is 15.8 Å². The van der Waals surface area contributed by atoms with E-state index in [-0.39, 0.29) is 0 Å². The molecule has 1 aliphatic rings. The quantitative estimate of drug-likeness (QED) is 0.188. The zero-order valence-corrected chi connectivity index (χ0v) is 27.4. The van der Waals surface area contributed by atoms with Crippen LogP contribution in [0.25, 0.3) is 22.2 Å². The molecule has 4 heterocycles. The zero-order chi connectivity index (χ0) is 30.8. The summed E-state index contributed by atoms with van der Waals surface area (Å²) in [6, 6.07) is 7.78. The van der Waals surface area contributed by atoms with E-state index in [4.69, 9.17) is 14.5 Å². The van der Waals surface area contributed by atoms with Crippen LogP contribution in [0.3, 0.4) is 0 Å². The van der Waals surface area contributed by atoms with E-state index in [9.17, 15) is 4.57 Å². The third-order valence-corrected chi connectivity index (χ3v) is 9.44. The number of fused-ring (bicyclic) bond motifs is 1. The molecule has 3 aromatic heterocycles. The molecular formula is C30H33BrN9O3P. The number of nitrogens with one attached hydrogen (secondary N) is 2. The summed E-state index contributed by atoms with van der Waals surface area (Å²) in [4.78, 5) is 20.5. The van der Waals surface area contributed by atoms with Crippen LogP contribution in [0.2, 0.25) is 0 Å². The molecule has 2 aromatic carbocycles. The number of benzene rings is 2. The molecular weight excluding hydrogens is 645 g/mol. The van der Waals surface area contributed by atoms with Crippen LogP contribution in [-0.4, -0.2) is 76.5 Å². The maximum Gasteiger partial charge on any atom is 0.229 e. The Bertz CT molecular complexity index is 1870. The topological polar surface area (TPSA) is 132 Å². The number of hydrogen-bond acceptors (Lipinski definition) is 11. The van der Waals surface area contributed by atoms with Crippen molar-refractivity contribution >= 4 is 68.2 Å². The summed E-state index contributed by atoms with van der Waals surface area (Å²) in [5, 5.41) is 11.8. The highest BCUT2D eigenvalue weighted by molar-refractivity contribution is 9.10. The Balaban J connectivity index is 1.38. The largest absolute Gasteiger partial charge is 0.494 e. The number of anilines is 5. The number of aromatic nitrogens is 6. The fourth-order valence-corrected chi connectivity index (χ4v) is 6.92. The minimum Gasteiger partial charge on any atom is -0.494 e. The van der Waals surface area contributed by atoms with E-state index < -0.39 is 7.14 Å². The first-order valence-corrected chi connectivity index (χ1v) is 17.6. The van der Waals surface area contributed by atoms with Gasteiger partial charge in [-0.1, -0.05) is 0 Å². The molecule has 2 N–H and O–H groups in total. The third-order valence-electron chi connectivity index (χ3n) is 7.33. The number of ether oxygens (including phenoxy) is 2. The van der Waals surface area contributed by atoms with E-state index in [1.54, 1.807) is 39.0 Å². The van der Waals surface area contributed by atoms with E-state index in [1.807, 2.05) is 41.3 Å². The number of aryl methyl sites for hydroxylation is 1. The fraction of sp³-hybridized carbons (Fsp3) is 0.300. The van der Waals surface area contributed by atoms with Gasteiger partial charge in [-0.2, -0.15) is 10.1 Å². The molecule has 1 fully saturated rings. The van der Waals surface area contributed by atoms with Gasteiger partial charge in [0.05, 0.1) is 53.2 Å². The van der Waals surface area contributed by atoms with Gasteiger partial charge in [-0.3, -0.25) is 14.6 Å². The Morgan fingerprint density at radius 3 is 2.57 bits per heavy atom. The lowest BCUT2D eigenvalue weighted by atomic mass is 10.0. The van der Waals surface area contributed by atoms with Crippen molar-refractivity contribution in [3.8, 4) is 16.9 Å². The molecule has 0 aliphatic carbocycles. The Kier molecular flexibility index (Phi) is 8.53. The molecule has 14 heteroatoms. The van der Waals surface area contributed by atoms with Crippen molar-refractivity contribution in [3.63, 3.8) is 0 Å². The highest BCUT2D eigenvalue weighted by Gasteiger charge is 2.23. The van der Waals surface area contributed by atoms with Crippen LogP contribution in [0.4, 0.5) is 28.8 Å². The van der Waals surface area contributed by atoms with Crippen molar-refractivity contribution in [2.45, 2.75) is 13.5 Å². The molecule has 0 radical (unpaired) electrons. The minimum atomic E-state index is -2.76. The van der Waals surface area contributed by atoms with Crippen molar-refractivity contribution in [2.24, 2.45) is 0 Å². The monoisotopic (exact) mass is 677 g/mol. The summed E-state index contributed by atoms with van der Waals surface area (Å²) >= 11 is 3.57. The van der Waals surface area contributed by atoms with Gasteiger partial charge in [0, 0.05) is 67.3 Å². The highest BCUT2D eigenvalue weighted by atomic mass is 79.9. The summed E-state index contributed by atoms with van der Waals surface area (Å²) in [5.41, 5.74) is 5.65. The first kappa shape index (κ1) is 30.0. The van der Waals surface area contributed by atoms with Gasteiger partial charge in [0.1, 0.15) is 24.2 Å². The molecule has 1 aliphatic heterocycles. The summed E-state index contributed by atoms with van der Waals surface area (Å²) in [6.45, 7) is 9.15. The predicted octanol–water partition coefficient (Wildman–Crippen LogP) is 5.65.